The Morgan fingerprint density at radius 1 is 1.04 bits per heavy atom. The highest BCUT2D eigenvalue weighted by Gasteiger charge is 2.04. The second-order valence-corrected chi connectivity index (χ2v) is 5.49. The molecule has 0 radical (unpaired) electrons. The van der Waals surface area contributed by atoms with E-state index in [9.17, 15) is 14.0 Å². The van der Waals surface area contributed by atoms with Crippen LogP contribution in [-0.2, 0) is 22.6 Å². The third-order valence-corrected chi connectivity index (χ3v) is 3.50. The predicted octanol–water partition coefficient (Wildman–Crippen LogP) is 2.93. The minimum absolute atomic E-state index is 0.115. The number of aryl methyl sites for hydroxylation is 1. The average molecular weight is 339 g/mol. The molecule has 2 amide bonds. The summed E-state index contributed by atoms with van der Waals surface area (Å²) in [5.41, 5.74) is 2.27. The summed E-state index contributed by atoms with van der Waals surface area (Å²) in [7, 11) is 0. The summed E-state index contributed by atoms with van der Waals surface area (Å²) in [6.07, 6.45) is 0.572. The summed E-state index contributed by atoms with van der Waals surface area (Å²) >= 11 is 0. The van der Waals surface area contributed by atoms with Gasteiger partial charge in [0.25, 0.3) is 0 Å². The first kappa shape index (κ1) is 18.1. The van der Waals surface area contributed by atoms with E-state index < -0.39 is 0 Å². The van der Waals surface area contributed by atoms with Crippen LogP contribution in [0.4, 0.5) is 10.1 Å². The van der Waals surface area contributed by atoms with Crippen LogP contribution in [0, 0.1) is 17.1 Å². The van der Waals surface area contributed by atoms with Gasteiger partial charge in [0.15, 0.2) is 0 Å². The Kier molecular flexibility index (Phi) is 6.66. The van der Waals surface area contributed by atoms with Crippen LogP contribution in [0.25, 0.3) is 0 Å². The van der Waals surface area contributed by atoms with Gasteiger partial charge in [-0.15, -0.1) is 0 Å². The summed E-state index contributed by atoms with van der Waals surface area (Å²) in [6, 6.07) is 15.0. The van der Waals surface area contributed by atoms with Gasteiger partial charge in [0, 0.05) is 18.7 Å². The number of benzene rings is 2. The van der Waals surface area contributed by atoms with Crippen molar-refractivity contribution in [3.8, 4) is 6.07 Å². The Balaban J connectivity index is 1.76. The number of nitrogens with one attached hydrogen (secondary N) is 2. The van der Waals surface area contributed by atoms with E-state index in [2.05, 4.69) is 10.6 Å². The molecule has 0 aliphatic carbocycles. The van der Waals surface area contributed by atoms with Gasteiger partial charge in [-0.25, -0.2) is 4.39 Å². The SMILES string of the molecule is N#CCC(=O)Nc1ccc(CNC(=O)CCc2cccc(F)c2)cc1. The van der Waals surface area contributed by atoms with Crippen molar-refractivity contribution in [2.45, 2.75) is 25.8 Å². The molecule has 2 N–H and O–H groups in total. The maximum Gasteiger partial charge on any atom is 0.238 e. The highest BCUT2D eigenvalue weighted by atomic mass is 19.1. The van der Waals surface area contributed by atoms with Crippen molar-refractivity contribution in [3.63, 3.8) is 0 Å². The second-order valence-electron chi connectivity index (χ2n) is 5.49. The molecule has 0 fully saturated rings. The Morgan fingerprint density at radius 2 is 1.80 bits per heavy atom. The lowest BCUT2D eigenvalue weighted by Gasteiger charge is -2.07. The number of amides is 2. The fourth-order valence-electron chi connectivity index (χ4n) is 2.22. The third kappa shape index (κ3) is 6.43. The molecular formula is C19H18FN3O2. The van der Waals surface area contributed by atoms with Gasteiger partial charge in [0.05, 0.1) is 6.07 Å². The van der Waals surface area contributed by atoms with Crippen molar-refractivity contribution in [2.75, 3.05) is 5.32 Å². The molecule has 0 saturated heterocycles. The Morgan fingerprint density at radius 3 is 2.48 bits per heavy atom. The zero-order valence-electron chi connectivity index (χ0n) is 13.6. The van der Waals surface area contributed by atoms with Crippen LogP contribution in [0.5, 0.6) is 0 Å². The summed E-state index contributed by atoms with van der Waals surface area (Å²) < 4.78 is 13.1. The molecule has 0 atom stereocenters. The first-order valence-electron chi connectivity index (χ1n) is 7.83. The normalized spacial score (nSPS) is 9.92. The van der Waals surface area contributed by atoms with Crippen LogP contribution in [0.1, 0.15) is 24.0 Å². The number of nitrogens with zero attached hydrogens (tertiary/aromatic N) is 1. The van der Waals surface area contributed by atoms with E-state index in [1.165, 1.54) is 12.1 Å². The molecule has 0 unspecified atom stereocenters. The van der Waals surface area contributed by atoms with Crippen molar-refractivity contribution in [3.05, 3.63) is 65.5 Å². The molecule has 5 nitrogen and oxygen atoms in total. The molecule has 2 rings (SSSR count). The zero-order chi connectivity index (χ0) is 18.1. The lowest BCUT2D eigenvalue weighted by Crippen LogP contribution is -2.23. The van der Waals surface area contributed by atoms with Crippen molar-refractivity contribution in [2.24, 2.45) is 0 Å². The van der Waals surface area contributed by atoms with Gasteiger partial charge >= 0.3 is 0 Å². The van der Waals surface area contributed by atoms with Crippen molar-refractivity contribution in [1.29, 1.82) is 5.26 Å². The summed E-state index contributed by atoms with van der Waals surface area (Å²) in [5, 5.41) is 13.8. The molecule has 0 spiro atoms. The van der Waals surface area contributed by atoms with Crippen LogP contribution < -0.4 is 10.6 Å². The standard InChI is InChI=1S/C19H18FN3O2/c20-16-3-1-2-14(12-16)6-9-18(24)22-13-15-4-7-17(8-5-15)23-19(25)10-11-21/h1-5,7-8,12H,6,9-10,13H2,(H,22,24)(H,23,25). The number of nitriles is 1. The van der Waals surface area contributed by atoms with Gasteiger partial charge in [-0.2, -0.15) is 5.26 Å². The smallest absolute Gasteiger partial charge is 0.238 e. The zero-order valence-corrected chi connectivity index (χ0v) is 13.6. The Labute approximate surface area is 145 Å². The van der Waals surface area contributed by atoms with E-state index >= 15 is 0 Å². The molecule has 0 saturated carbocycles. The molecule has 128 valence electrons. The van der Waals surface area contributed by atoms with E-state index in [1.807, 2.05) is 0 Å². The number of halogens is 1. The van der Waals surface area contributed by atoms with Gasteiger partial charge in [0.2, 0.25) is 11.8 Å². The fourth-order valence-corrected chi connectivity index (χ4v) is 2.22. The molecule has 0 bridgehead atoms. The van der Waals surface area contributed by atoms with Crippen molar-refractivity contribution >= 4 is 17.5 Å². The minimum atomic E-state index is -0.360. The number of carbonyl (C=O) groups excluding carboxylic acids is 2. The Hall–Kier alpha value is -3.20. The molecule has 6 heteroatoms. The average Bonchev–Trinajstić information content (AvgIpc) is 2.59. The summed E-state index contributed by atoms with van der Waals surface area (Å²) in [4.78, 5) is 23.2. The molecule has 2 aromatic carbocycles. The number of hydrogen-bond donors (Lipinski definition) is 2. The third-order valence-electron chi connectivity index (χ3n) is 3.50. The molecule has 25 heavy (non-hydrogen) atoms. The molecule has 2 aromatic rings. The predicted molar refractivity (Wildman–Crippen MR) is 91.9 cm³/mol. The van der Waals surface area contributed by atoms with Crippen LogP contribution in [0.3, 0.4) is 0 Å². The largest absolute Gasteiger partial charge is 0.352 e. The van der Waals surface area contributed by atoms with Gasteiger partial charge < -0.3 is 10.6 Å². The van der Waals surface area contributed by atoms with E-state index in [4.69, 9.17) is 5.26 Å². The topological polar surface area (TPSA) is 82.0 Å². The maximum absolute atomic E-state index is 13.1. The molecule has 0 aliphatic heterocycles. The van der Waals surface area contributed by atoms with Gasteiger partial charge in [-0.05, 0) is 41.8 Å². The van der Waals surface area contributed by atoms with Gasteiger partial charge in [-0.3, -0.25) is 9.59 Å². The second kappa shape index (κ2) is 9.18. The summed E-state index contributed by atoms with van der Waals surface area (Å²) in [6.45, 7) is 0.369. The molecular weight excluding hydrogens is 321 g/mol. The Bertz CT molecular complexity index is 782. The highest BCUT2D eigenvalue weighted by molar-refractivity contribution is 5.92. The van der Waals surface area contributed by atoms with E-state index in [1.54, 1.807) is 42.5 Å². The first-order chi connectivity index (χ1) is 12.1. The first-order valence-corrected chi connectivity index (χ1v) is 7.83. The highest BCUT2D eigenvalue weighted by Crippen LogP contribution is 2.10. The number of hydrogen-bond acceptors (Lipinski definition) is 3. The maximum atomic E-state index is 13.1. The van der Waals surface area contributed by atoms with Crippen LogP contribution in [0.2, 0.25) is 0 Å². The van der Waals surface area contributed by atoms with Crippen LogP contribution in [-0.4, -0.2) is 11.8 Å². The fraction of sp³-hybridized carbons (Fsp3) is 0.211. The quantitative estimate of drug-likeness (QED) is 0.814. The lowest BCUT2D eigenvalue weighted by molar-refractivity contribution is -0.121. The van der Waals surface area contributed by atoms with E-state index in [-0.39, 0.29) is 30.5 Å². The van der Waals surface area contributed by atoms with Crippen molar-refractivity contribution in [1.82, 2.24) is 5.32 Å². The number of rotatable bonds is 7. The minimum Gasteiger partial charge on any atom is -0.352 e. The van der Waals surface area contributed by atoms with Crippen LogP contribution in [0.15, 0.2) is 48.5 Å². The van der Waals surface area contributed by atoms with Crippen molar-refractivity contribution < 1.29 is 14.0 Å². The number of anilines is 1. The molecule has 0 heterocycles. The van der Waals surface area contributed by atoms with E-state index in [0.717, 1.165) is 11.1 Å². The number of carbonyl (C=O) groups is 2. The monoisotopic (exact) mass is 339 g/mol. The summed E-state index contributed by atoms with van der Waals surface area (Å²) in [5.74, 6) is -0.781. The molecule has 0 aliphatic rings. The van der Waals surface area contributed by atoms with E-state index in [0.29, 0.717) is 18.7 Å². The van der Waals surface area contributed by atoms with Gasteiger partial charge in [0.1, 0.15) is 12.2 Å². The molecule has 0 aromatic heterocycles. The lowest BCUT2D eigenvalue weighted by atomic mass is 10.1. The van der Waals surface area contributed by atoms with Crippen LogP contribution >= 0.6 is 0 Å². The van der Waals surface area contributed by atoms with Gasteiger partial charge in [-0.1, -0.05) is 24.3 Å².